The van der Waals surface area contributed by atoms with Crippen LogP contribution in [0.2, 0.25) is 0 Å². The topological polar surface area (TPSA) is 80.3 Å². The van der Waals surface area contributed by atoms with Crippen LogP contribution in [0.15, 0.2) is 36.5 Å². The summed E-state index contributed by atoms with van der Waals surface area (Å²) >= 11 is 0. The molecule has 0 saturated heterocycles. The predicted molar refractivity (Wildman–Crippen MR) is 115 cm³/mol. The average molecular weight is 397 g/mol. The number of nitrogens with two attached hydrogens (primary N) is 1. The van der Waals surface area contributed by atoms with Crippen molar-refractivity contribution < 1.29 is 4.39 Å². The van der Waals surface area contributed by atoms with Crippen molar-refractivity contribution in [1.82, 2.24) is 14.6 Å². The van der Waals surface area contributed by atoms with Gasteiger partial charge in [-0.3, -0.25) is 0 Å². The molecule has 154 valence electrons. The summed E-state index contributed by atoms with van der Waals surface area (Å²) in [5, 5.41) is 11.4. The fourth-order valence-corrected chi connectivity index (χ4v) is 3.89. The number of anilines is 2. The summed E-state index contributed by atoms with van der Waals surface area (Å²) in [5.41, 5.74) is 8.57. The number of aromatic nitrogens is 3. The van der Waals surface area contributed by atoms with E-state index in [4.69, 9.17) is 10.7 Å². The maximum absolute atomic E-state index is 14.0. The van der Waals surface area contributed by atoms with E-state index in [1.54, 1.807) is 16.6 Å². The molecule has 4 N–H and O–H groups in total. The maximum atomic E-state index is 14.0. The first-order chi connectivity index (χ1) is 14.0. The Bertz CT molecular complexity index is 975. The lowest BCUT2D eigenvalue weighted by Crippen LogP contribution is -2.33. The highest BCUT2D eigenvalue weighted by Gasteiger charge is 2.20. The highest BCUT2D eigenvalue weighted by Crippen LogP contribution is 2.26. The SMILES string of the molecule is CC(C)c1cnn2c(NCc3ccccc3F)cc(NC3CCC(N)CC3)nc12. The maximum Gasteiger partial charge on any atom is 0.163 e. The highest BCUT2D eigenvalue weighted by molar-refractivity contribution is 5.61. The van der Waals surface area contributed by atoms with Gasteiger partial charge >= 0.3 is 0 Å². The Morgan fingerprint density at radius 1 is 1.21 bits per heavy atom. The first kappa shape index (κ1) is 19.6. The number of hydrogen-bond donors (Lipinski definition) is 3. The predicted octanol–water partition coefficient (Wildman–Crippen LogP) is 4.29. The summed E-state index contributed by atoms with van der Waals surface area (Å²) < 4.78 is 15.8. The third-order valence-electron chi connectivity index (χ3n) is 5.66. The van der Waals surface area contributed by atoms with Gasteiger partial charge in [0.05, 0.1) is 6.20 Å². The van der Waals surface area contributed by atoms with Crippen molar-refractivity contribution in [2.45, 2.75) is 64.1 Å². The molecule has 1 aromatic carbocycles. The van der Waals surface area contributed by atoms with Crippen LogP contribution in [0.3, 0.4) is 0 Å². The molecule has 0 bridgehead atoms. The fraction of sp³-hybridized carbons (Fsp3) is 0.455. The summed E-state index contributed by atoms with van der Waals surface area (Å²) in [4.78, 5) is 4.85. The summed E-state index contributed by atoms with van der Waals surface area (Å²) in [6.45, 7) is 4.64. The second kappa shape index (κ2) is 8.37. The number of benzene rings is 1. The molecule has 4 rings (SSSR count). The number of nitrogens with zero attached hydrogens (tertiary/aromatic N) is 3. The third-order valence-corrected chi connectivity index (χ3v) is 5.66. The van der Waals surface area contributed by atoms with Gasteiger partial charge in [0.25, 0.3) is 0 Å². The van der Waals surface area contributed by atoms with E-state index in [2.05, 4.69) is 29.6 Å². The molecule has 0 unspecified atom stereocenters. The fourth-order valence-electron chi connectivity index (χ4n) is 3.89. The van der Waals surface area contributed by atoms with Crippen molar-refractivity contribution in [3.63, 3.8) is 0 Å². The van der Waals surface area contributed by atoms with Crippen molar-refractivity contribution in [1.29, 1.82) is 0 Å². The minimum absolute atomic E-state index is 0.217. The zero-order valence-electron chi connectivity index (χ0n) is 17.0. The van der Waals surface area contributed by atoms with Gasteiger partial charge in [-0.05, 0) is 37.7 Å². The third kappa shape index (κ3) is 4.34. The van der Waals surface area contributed by atoms with Crippen molar-refractivity contribution >= 4 is 17.3 Å². The van der Waals surface area contributed by atoms with E-state index < -0.39 is 0 Å². The lowest BCUT2D eigenvalue weighted by Gasteiger charge is -2.27. The smallest absolute Gasteiger partial charge is 0.163 e. The zero-order chi connectivity index (χ0) is 20.4. The van der Waals surface area contributed by atoms with Crippen LogP contribution in [-0.4, -0.2) is 26.7 Å². The molecule has 29 heavy (non-hydrogen) atoms. The molecule has 3 aromatic rings. The molecule has 0 spiro atoms. The molecule has 0 atom stereocenters. The van der Waals surface area contributed by atoms with Gasteiger partial charge in [0.1, 0.15) is 17.5 Å². The zero-order valence-corrected chi connectivity index (χ0v) is 17.0. The van der Waals surface area contributed by atoms with Gasteiger partial charge in [-0.1, -0.05) is 32.0 Å². The van der Waals surface area contributed by atoms with E-state index in [1.165, 1.54) is 6.07 Å². The monoisotopic (exact) mass is 396 g/mol. The van der Waals surface area contributed by atoms with Gasteiger partial charge in [0.2, 0.25) is 0 Å². The highest BCUT2D eigenvalue weighted by atomic mass is 19.1. The van der Waals surface area contributed by atoms with Gasteiger partial charge in [-0.15, -0.1) is 0 Å². The molecule has 0 aliphatic heterocycles. The Hall–Kier alpha value is -2.67. The van der Waals surface area contributed by atoms with E-state index >= 15 is 0 Å². The summed E-state index contributed by atoms with van der Waals surface area (Å²) in [5.74, 6) is 1.70. The molecule has 2 heterocycles. The van der Waals surface area contributed by atoms with Gasteiger partial charge < -0.3 is 16.4 Å². The lowest BCUT2D eigenvalue weighted by molar-refractivity contribution is 0.410. The van der Waals surface area contributed by atoms with E-state index in [0.29, 0.717) is 30.1 Å². The number of fused-ring (bicyclic) bond motifs is 1. The average Bonchev–Trinajstić information content (AvgIpc) is 3.13. The van der Waals surface area contributed by atoms with Crippen LogP contribution in [-0.2, 0) is 6.54 Å². The second-order valence-electron chi connectivity index (χ2n) is 8.22. The van der Waals surface area contributed by atoms with Crippen molar-refractivity contribution in [3.05, 3.63) is 53.5 Å². The van der Waals surface area contributed by atoms with E-state index in [-0.39, 0.29) is 5.82 Å². The Kier molecular flexibility index (Phi) is 5.67. The first-order valence-electron chi connectivity index (χ1n) is 10.4. The van der Waals surface area contributed by atoms with E-state index in [0.717, 1.165) is 48.5 Å². The molecular weight excluding hydrogens is 367 g/mol. The molecule has 0 radical (unpaired) electrons. The standard InChI is InChI=1S/C22H29FN6/c1-14(2)18-13-26-29-21(25-12-15-5-3-4-6-19(15)23)11-20(28-22(18)29)27-17-9-7-16(24)8-10-17/h3-6,11,13-14,16-17,25H,7-10,12,24H2,1-2H3,(H,27,28). The second-order valence-corrected chi connectivity index (χ2v) is 8.22. The van der Waals surface area contributed by atoms with Crippen LogP contribution in [0.5, 0.6) is 0 Å². The number of halogens is 1. The van der Waals surface area contributed by atoms with Crippen molar-refractivity contribution in [2.75, 3.05) is 10.6 Å². The van der Waals surface area contributed by atoms with Crippen LogP contribution >= 0.6 is 0 Å². The summed E-state index contributed by atoms with van der Waals surface area (Å²) in [7, 11) is 0. The molecule has 2 aromatic heterocycles. The first-order valence-corrected chi connectivity index (χ1v) is 10.4. The minimum Gasteiger partial charge on any atom is -0.367 e. The Morgan fingerprint density at radius 2 is 1.97 bits per heavy atom. The Morgan fingerprint density at radius 3 is 2.69 bits per heavy atom. The van der Waals surface area contributed by atoms with Crippen molar-refractivity contribution in [3.8, 4) is 0 Å². The van der Waals surface area contributed by atoms with Crippen LogP contribution in [0.25, 0.3) is 5.65 Å². The molecule has 1 aliphatic carbocycles. The van der Waals surface area contributed by atoms with Gasteiger partial charge in [0, 0.05) is 35.8 Å². The molecule has 1 fully saturated rings. The molecular formula is C22H29FN6. The summed E-state index contributed by atoms with van der Waals surface area (Å²) in [6.07, 6.45) is 6.01. The molecule has 0 amide bonds. The van der Waals surface area contributed by atoms with Crippen LogP contribution in [0.1, 0.15) is 56.6 Å². The van der Waals surface area contributed by atoms with Gasteiger partial charge in [0.15, 0.2) is 5.65 Å². The minimum atomic E-state index is -0.217. The Balaban J connectivity index is 1.63. The number of nitrogens with one attached hydrogen (secondary N) is 2. The van der Waals surface area contributed by atoms with Crippen LogP contribution < -0.4 is 16.4 Å². The van der Waals surface area contributed by atoms with Gasteiger partial charge in [-0.2, -0.15) is 9.61 Å². The Labute approximate surface area is 170 Å². The quantitative estimate of drug-likeness (QED) is 0.579. The summed E-state index contributed by atoms with van der Waals surface area (Å²) in [6, 6.07) is 9.44. The molecule has 1 saturated carbocycles. The molecule has 1 aliphatic rings. The number of hydrogen-bond acceptors (Lipinski definition) is 5. The van der Waals surface area contributed by atoms with E-state index in [9.17, 15) is 4.39 Å². The largest absolute Gasteiger partial charge is 0.367 e. The molecule has 7 heteroatoms. The van der Waals surface area contributed by atoms with Crippen LogP contribution in [0, 0.1) is 5.82 Å². The van der Waals surface area contributed by atoms with Crippen molar-refractivity contribution in [2.24, 2.45) is 5.73 Å². The van der Waals surface area contributed by atoms with Gasteiger partial charge in [-0.25, -0.2) is 9.37 Å². The van der Waals surface area contributed by atoms with Crippen LogP contribution in [0.4, 0.5) is 16.0 Å². The van der Waals surface area contributed by atoms with E-state index in [1.807, 2.05) is 18.3 Å². The number of rotatable bonds is 6. The lowest BCUT2D eigenvalue weighted by atomic mass is 9.92. The molecule has 6 nitrogen and oxygen atoms in total. The normalized spacial score (nSPS) is 19.6.